The molecule has 0 aromatic carbocycles. The summed E-state index contributed by atoms with van der Waals surface area (Å²) in [4.78, 5) is 24.0. The van der Waals surface area contributed by atoms with Gasteiger partial charge in [0.2, 0.25) is 11.8 Å². The van der Waals surface area contributed by atoms with Gasteiger partial charge in [-0.05, 0) is 0 Å². The molecule has 1 fully saturated rings. The highest BCUT2D eigenvalue weighted by molar-refractivity contribution is 5.83. The van der Waals surface area contributed by atoms with Crippen LogP contribution in [0, 0.1) is 10.8 Å². The second-order valence-corrected chi connectivity index (χ2v) is 7.32. The molecule has 19 heavy (non-hydrogen) atoms. The smallest absolute Gasteiger partial charge is 0.225 e. The van der Waals surface area contributed by atoms with E-state index in [2.05, 4.69) is 16.0 Å². The topological polar surface area (TPSA) is 70.2 Å². The Morgan fingerprint density at radius 1 is 0.842 bits per heavy atom. The van der Waals surface area contributed by atoms with Gasteiger partial charge in [0, 0.05) is 23.9 Å². The van der Waals surface area contributed by atoms with Crippen molar-refractivity contribution >= 4 is 11.8 Å². The second-order valence-electron chi connectivity index (χ2n) is 7.32. The molecule has 1 rings (SSSR count). The first-order valence-electron chi connectivity index (χ1n) is 6.84. The normalized spacial score (nSPS) is 24.1. The van der Waals surface area contributed by atoms with E-state index in [0.717, 1.165) is 0 Å². The van der Waals surface area contributed by atoms with Crippen molar-refractivity contribution in [2.45, 2.75) is 53.6 Å². The summed E-state index contributed by atoms with van der Waals surface area (Å²) >= 11 is 0. The lowest BCUT2D eigenvalue weighted by Crippen LogP contribution is -2.54. The van der Waals surface area contributed by atoms with E-state index in [9.17, 15) is 9.59 Å². The first kappa shape index (κ1) is 16.0. The van der Waals surface area contributed by atoms with Gasteiger partial charge in [-0.15, -0.1) is 0 Å². The molecule has 0 unspecified atom stereocenters. The Bertz CT molecular complexity index is 319. The van der Waals surface area contributed by atoms with E-state index < -0.39 is 10.8 Å². The predicted octanol–water partition coefficient (Wildman–Crippen LogP) is 0.651. The molecular weight excluding hydrogens is 242 g/mol. The van der Waals surface area contributed by atoms with E-state index in [0.29, 0.717) is 13.1 Å². The molecule has 5 heteroatoms. The van der Waals surface area contributed by atoms with E-state index >= 15 is 0 Å². The Labute approximate surface area is 115 Å². The van der Waals surface area contributed by atoms with E-state index in [1.165, 1.54) is 0 Å². The van der Waals surface area contributed by atoms with Crippen LogP contribution in [0.25, 0.3) is 0 Å². The number of rotatable bonds is 2. The van der Waals surface area contributed by atoms with Crippen molar-refractivity contribution < 1.29 is 9.59 Å². The van der Waals surface area contributed by atoms with E-state index in [4.69, 9.17) is 0 Å². The van der Waals surface area contributed by atoms with Crippen LogP contribution in [0.4, 0.5) is 0 Å². The number of carbonyl (C=O) groups excluding carboxylic acids is 2. The molecule has 110 valence electrons. The second kappa shape index (κ2) is 5.49. The predicted molar refractivity (Wildman–Crippen MR) is 75.6 cm³/mol. The summed E-state index contributed by atoms with van der Waals surface area (Å²) in [5.74, 6) is 0.0208. The van der Waals surface area contributed by atoms with Gasteiger partial charge in [0.15, 0.2) is 0 Å². The first-order valence-corrected chi connectivity index (χ1v) is 6.84. The Morgan fingerprint density at radius 3 is 1.42 bits per heavy atom. The molecule has 1 heterocycles. The SMILES string of the molecule is CC(C)(C)C(=O)N[C@H]1CNC[C@@H]1NC(=O)C(C)(C)C. The fourth-order valence-electron chi connectivity index (χ4n) is 1.75. The molecule has 2 amide bonds. The zero-order valence-electron chi connectivity index (χ0n) is 12.9. The van der Waals surface area contributed by atoms with Crippen molar-refractivity contribution in [2.75, 3.05) is 13.1 Å². The average molecular weight is 269 g/mol. The monoisotopic (exact) mass is 269 g/mol. The van der Waals surface area contributed by atoms with Crippen LogP contribution in [-0.4, -0.2) is 37.0 Å². The van der Waals surface area contributed by atoms with Crippen LogP contribution in [0.3, 0.4) is 0 Å². The summed E-state index contributed by atoms with van der Waals surface area (Å²) in [6.07, 6.45) is 0. The van der Waals surface area contributed by atoms with Crippen LogP contribution in [0.5, 0.6) is 0 Å². The van der Waals surface area contributed by atoms with Crippen LogP contribution in [-0.2, 0) is 9.59 Å². The summed E-state index contributed by atoms with van der Waals surface area (Å²) < 4.78 is 0. The molecule has 3 N–H and O–H groups in total. The molecule has 0 aliphatic carbocycles. The fourth-order valence-corrected chi connectivity index (χ4v) is 1.75. The van der Waals surface area contributed by atoms with Crippen molar-refractivity contribution in [3.63, 3.8) is 0 Å². The summed E-state index contributed by atoms with van der Waals surface area (Å²) in [5, 5.41) is 9.23. The average Bonchev–Trinajstić information content (AvgIpc) is 2.62. The largest absolute Gasteiger partial charge is 0.350 e. The van der Waals surface area contributed by atoms with Crippen molar-refractivity contribution in [1.82, 2.24) is 16.0 Å². The van der Waals surface area contributed by atoms with E-state index in [1.54, 1.807) is 0 Å². The molecule has 2 atom stereocenters. The van der Waals surface area contributed by atoms with Gasteiger partial charge in [-0.1, -0.05) is 41.5 Å². The molecule has 1 aliphatic rings. The Balaban J connectivity index is 2.60. The minimum Gasteiger partial charge on any atom is -0.350 e. The minimum absolute atomic E-state index is 0.0104. The fraction of sp³-hybridized carbons (Fsp3) is 0.857. The molecule has 0 radical (unpaired) electrons. The highest BCUT2D eigenvalue weighted by atomic mass is 16.2. The Morgan fingerprint density at radius 2 is 1.16 bits per heavy atom. The zero-order chi connectivity index (χ0) is 14.8. The lowest BCUT2D eigenvalue weighted by atomic mass is 9.93. The summed E-state index contributed by atoms with van der Waals surface area (Å²) in [6, 6.07) is -0.0870. The third-order valence-corrected chi connectivity index (χ3v) is 3.21. The third kappa shape index (κ3) is 4.49. The van der Waals surface area contributed by atoms with Gasteiger partial charge in [0.05, 0.1) is 12.1 Å². The highest BCUT2D eigenvalue weighted by Gasteiger charge is 2.34. The standard InChI is InChI=1S/C14H27N3O2/c1-13(2,3)11(18)16-9-7-15-8-10(9)17-12(19)14(4,5)6/h9-10,15H,7-8H2,1-6H3,(H,16,18)(H,17,19)/t9-,10-/m0/s1. The first-order chi connectivity index (χ1) is 8.51. The van der Waals surface area contributed by atoms with E-state index in [-0.39, 0.29) is 23.9 Å². The molecule has 1 aliphatic heterocycles. The molecule has 0 aromatic heterocycles. The van der Waals surface area contributed by atoms with Gasteiger partial charge in [-0.25, -0.2) is 0 Å². The van der Waals surface area contributed by atoms with Gasteiger partial charge < -0.3 is 16.0 Å². The van der Waals surface area contributed by atoms with Gasteiger partial charge >= 0.3 is 0 Å². The summed E-state index contributed by atoms with van der Waals surface area (Å²) in [6.45, 7) is 12.7. The van der Waals surface area contributed by atoms with Gasteiger partial charge in [0.25, 0.3) is 0 Å². The van der Waals surface area contributed by atoms with E-state index in [1.807, 2.05) is 41.5 Å². The molecule has 0 aromatic rings. The molecule has 1 saturated heterocycles. The maximum Gasteiger partial charge on any atom is 0.225 e. The van der Waals surface area contributed by atoms with Crippen LogP contribution in [0.15, 0.2) is 0 Å². The lowest BCUT2D eigenvalue weighted by Gasteiger charge is -2.28. The van der Waals surface area contributed by atoms with Crippen molar-refractivity contribution in [3.05, 3.63) is 0 Å². The number of carbonyl (C=O) groups is 2. The number of nitrogens with one attached hydrogen (secondary N) is 3. The van der Waals surface area contributed by atoms with Gasteiger partial charge in [-0.3, -0.25) is 9.59 Å². The van der Waals surface area contributed by atoms with Crippen LogP contribution >= 0.6 is 0 Å². The Hall–Kier alpha value is -1.10. The summed E-state index contributed by atoms with van der Waals surface area (Å²) in [7, 11) is 0. The Kier molecular flexibility index (Phi) is 4.61. The zero-order valence-corrected chi connectivity index (χ0v) is 12.9. The lowest BCUT2D eigenvalue weighted by molar-refractivity contribution is -0.131. The van der Waals surface area contributed by atoms with Crippen LogP contribution < -0.4 is 16.0 Å². The maximum atomic E-state index is 12.0. The van der Waals surface area contributed by atoms with Crippen molar-refractivity contribution in [2.24, 2.45) is 10.8 Å². The number of hydrogen-bond acceptors (Lipinski definition) is 3. The third-order valence-electron chi connectivity index (χ3n) is 3.21. The quantitative estimate of drug-likeness (QED) is 0.689. The van der Waals surface area contributed by atoms with Crippen molar-refractivity contribution in [1.29, 1.82) is 0 Å². The molecule has 0 bridgehead atoms. The van der Waals surface area contributed by atoms with Crippen LogP contribution in [0.2, 0.25) is 0 Å². The van der Waals surface area contributed by atoms with Gasteiger partial charge in [0.1, 0.15) is 0 Å². The van der Waals surface area contributed by atoms with Gasteiger partial charge in [-0.2, -0.15) is 0 Å². The van der Waals surface area contributed by atoms with Crippen molar-refractivity contribution in [3.8, 4) is 0 Å². The molecule has 0 saturated carbocycles. The number of hydrogen-bond donors (Lipinski definition) is 3. The molecule has 0 spiro atoms. The number of amides is 2. The van der Waals surface area contributed by atoms with Crippen LogP contribution in [0.1, 0.15) is 41.5 Å². The highest BCUT2D eigenvalue weighted by Crippen LogP contribution is 2.16. The minimum atomic E-state index is -0.415. The molecular formula is C14H27N3O2. The maximum absolute atomic E-state index is 12.0. The summed E-state index contributed by atoms with van der Waals surface area (Å²) in [5.41, 5.74) is -0.831. The molecule has 5 nitrogen and oxygen atoms in total.